The third-order valence-corrected chi connectivity index (χ3v) is 3.99. The van der Waals surface area contributed by atoms with Crippen LogP contribution in [0.15, 0.2) is 24.3 Å². The van der Waals surface area contributed by atoms with Gasteiger partial charge in [-0.3, -0.25) is 0 Å². The van der Waals surface area contributed by atoms with Gasteiger partial charge >= 0.3 is 0 Å². The van der Waals surface area contributed by atoms with Crippen LogP contribution < -0.4 is 10.2 Å². The molecular weight excluding hydrogens is 244 g/mol. The van der Waals surface area contributed by atoms with Crippen LogP contribution in [-0.2, 0) is 6.54 Å². The van der Waals surface area contributed by atoms with E-state index in [-0.39, 0.29) is 5.54 Å². The van der Waals surface area contributed by atoms with Gasteiger partial charge in [-0.1, -0.05) is 26.0 Å². The number of piperidine rings is 1. The standard InChI is InChI=1S/C18H30N2/c1-14-10-15(2)13-20(12-14)17-8-6-16(7-9-17)11-19-18(3,4)5/h6-9,14-15,19H,10-13H2,1-5H3. The van der Waals surface area contributed by atoms with Gasteiger partial charge in [0.15, 0.2) is 0 Å². The summed E-state index contributed by atoms with van der Waals surface area (Å²) in [6, 6.07) is 9.09. The molecule has 0 amide bonds. The highest BCUT2D eigenvalue weighted by atomic mass is 15.1. The van der Waals surface area contributed by atoms with E-state index in [2.05, 4.69) is 69.1 Å². The number of anilines is 1. The molecule has 2 rings (SSSR count). The lowest BCUT2D eigenvalue weighted by Gasteiger charge is -2.36. The van der Waals surface area contributed by atoms with Crippen molar-refractivity contribution in [3.63, 3.8) is 0 Å². The zero-order valence-electron chi connectivity index (χ0n) is 13.7. The molecule has 1 fully saturated rings. The van der Waals surface area contributed by atoms with Crippen LogP contribution in [0.5, 0.6) is 0 Å². The predicted molar refractivity (Wildman–Crippen MR) is 88.2 cm³/mol. The van der Waals surface area contributed by atoms with Gasteiger partial charge in [-0.05, 0) is 56.7 Å². The Morgan fingerprint density at radius 3 is 2.10 bits per heavy atom. The Balaban J connectivity index is 1.97. The number of benzene rings is 1. The summed E-state index contributed by atoms with van der Waals surface area (Å²) in [4.78, 5) is 2.54. The summed E-state index contributed by atoms with van der Waals surface area (Å²) in [5.74, 6) is 1.61. The van der Waals surface area contributed by atoms with Crippen LogP contribution in [0.25, 0.3) is 0 Å². The van der Waals surface area contributed by atoms with E-state index in [1.807, 2.05) is 0 Å². The molecule has 2 nitrogen and oxygen atoms in total. The SMILES string of the molecule is CC1CC(C)CN(c2ccc(CNC(C)(C)C)cc2)C1. The van der Waals surface area contributed by atoms with E-state index in [1.165, 1.54) is 30.8 Å². The summed E-state index contributed by atoms with van der Waals surface area (Å²) in [7, 11) is 0. The summed E-state index contributed by atoms with van der Waals surface area (Å²) >= 11 is 0. The van der Waals surface area contributed by atoms with Crippen LogP contribution in [0.2, 0.25) is 0 Å². The molecule has 2 unspecified atom stereocenters. The average Bonchev–Trinajstić information content (AvgIpc) is 2.35. The third-order valence-electron chi connectivity index (χ3n) is 3.99. The average molecular weight is 274 g/mol. The van der Waals surface area contributed by atoms with E-state index in [9.17, 15) is 0 Å². The van der Waals surface area contributed by atoms with Crippen molar-refractivity contribution in [2.24, 2.45) is 11.8 Å². The molecule has 0 aliphatic carbocycles. The minimum Gasteiger partial charge on any atom is -0.371 e. The number of nitrogens with zero attached hydrogens (tertiary/aromatic N) is 1. The number of hydrogen-bond acceptors (Lipinski definition) is 2. The summed E-state index contributed by atoms with van der Waals surface area (Å²) in [6.07, 6.45) is 1.37. The maximum Gasteiger partial charge on any atom is 0.0366 e. The normalized spacial score (nSPS) is 23.9. The molecule has 20 heavy (non-hydrogen) atoms. The van der Waals surface area contributed by atoms with Gasteiger partial charge in [-0.2, -0.15) is 0 Å². The van der Waals surface area contributed by atoms with Crippen LogP contribution in [0, 0.1) is 11.8 Å². The van der Waals surface area contributed by atoms with Crippen molar-refractivity contribution in [1.82, 2.24) is 5.32 Å². The van der Waals surface area contributed by atoms with Crippen molar-refractivity contribution >= 4 is 5.69 Å². The molecule has 1 heterocycles. The van der Waals surface area contributed by atoms with Gasteiger partial charge in [0.1, 0.15) is 0 Å². The van der Waals surface area contributed by atoms with Crippen molar-refractivity contribution in [3.05, 3.63) is 29.8 Å². The first-order valence-corrected chi connectivity index (χ1v) is 7.92. The van der Waals surface area contributed by atoms with Crippen molar-refractivity contribution in [2.45, 2.75) is 53.1 Å². The van der Waals surface area contributed by atoms with Crippen molar-refractivity contribution in [2.75, 3.05) is 18.0 Å². The molecule has 0 bridgehead atoms. The second kappa shape index (κ2) is 6.17. The number of rotatable bonds is 3. The lowest BCUT2D eigenvalue weighted by molar-refractivity contribution is 0.357. The van der Waals surface area contributed by atoms with E-state index < -0.39 is 0 Å². The minimum atomic E-state index is 0.177. The van der Waals surface area contributed by atoms with Gasteiger partial charge < -0.3 is 10.2 Å². The maximum absolute atomic E-state index is 3.54. The van der Waals surface area contributed by atoms with Gasteiger partial charge in [-0.25, -0.2) is 0 Å². The monoisotopic (exact) mass is 274 g/mol. The summed E-state index contributed by atoms with van der Waals surface area (Å²) in [5.41, 5.74) is 2.92. The van der Waals surface area contributed by atoms with Crippen LogP contribution >= 0.6 is 0 Å². The molecule has 0 saturated carbocycles. The first-order valence-electron chi connectivity index (χ1n) is 7.92. The Labute approximate surface area is 124 Å². The molecule has 1 saturated heterocycles. The molecule has 112 valence electrons. The summed E-state index contributed by atoms with van der Waals surface area (Å²) < 4.78 is 0. The molecule has 1 aliphatic heterocycles. The molecule has 0 radical (unpaired) electrons. The zero-order valence-corrected chi connectivity index (χ0v) is 13.7. The van der Waals surface area contributed by atoms with Crippen LogP contribution in [-0.4, -0.2) is 18.6 Å². The van der Waals surface area contributed by atoms with Crippen LogP contribution in [0.4, 0.5) is 5.69 Å². The lowest BCUT2D eigenvalue weighted by atomic mass is 9.91. The van der Waals surface area contributed by atoms with Crippen LogP contribution in [0.3, 0.4) is 0 Å². The molecule has 2 heteroatoms. The highest BCUT2D eigenvalue weighted by Crippen LogP contribution is 2.26. The predicted octanol–water partition coefficient (Wildman–Crippen LogP) is 4.06. The zero-order chi connectivity index (χ0) is 14.8. The molecule has 2 atom stereocenters. The van der Waals surface area contributed by atoms with Crippen molar-refractivity contribution in [1.29, 1.82) is 0 Å². The lowest BCUT2D eigenvalue weighted by Crippen LogP contribution is -2.38. The summed E-state index contributed by atoms with van der Waals surface area (Å²) in [5, 5.41) is 3.54. The maximum atomic E-state index is 3.54. The van der Waals surface area contributed by atoms with Gasteiger partial charge in [0.25, 0.3) is 0 Å². The van der Waals surface area contributed by atoms with Gasteiger partial charge in [0.05, 0.1) is 0 Å². The third kappa shape index (κ3) is 4.52. The Kier molecular flexibility index (Phi) is 4.74. The van der Waals surface area contributed by atoms with Crippen molar-refractivity contribution < 1.29 is 0 Å². The Morgan fingerprint density at radius 2 is 1.60 bits per heavy atom. The highest BCUT2D eigenvalue weighted by molar-refractivity contribution is 5.48. The largest absolute Gasteiger partial charge is 0.371 e. The fourth-order valence-corrected chi connectivity index (χ4v) is 3.07. The fraction of sp³-hybridized carbons (Fsp3) is 0.667. The molecule has 1 aromatic carbocycles. The number of nitrogens with one attached hydrogen (secondary N) is 1. The van der Waals surface area contributed by atoms with Crippen LogP contribution in [0.1, 0.15) is 46.6 Å². The fourth-order valence-electron chi connectivity index (χ4n) is 3.07. The topological polar surface area (TPSA) is 15.3 Å². The van der Waals surface area contributed by atoms with E-state index in [4.69, 9.17) is 0 Å². The van der Waals surface area contributed by atoms with E-state index in [0.717, 1.165) is 18.4 Å². The van der Waals surface area contributed by atoms with Crippen molar-refractivity contribution in [3.8, 4) is 0 Å². The molecule has 1 aromatic rings. The Morgan fingerprint density at radius 1 is 1.05 bits per heavy atom. The molecule has 1 aliphatic rings. The van der Waals surface area contributed by atoms with Gasteiger partial charge in [0, 0.05) is 30.9 Å². The van der Waals surface area contributed by atoms with E-state index in [1.54, 1.807) is 0 Å². The second-order valence-electron chi connectivity index (χ2n) is 7.62. The highest BCUT2D eigenvalue weighted by Gasteiger charge is 2.21. The number of hydrogen-bond donors (Lipinski definition) is 1. The van der Waals surface area contributed by atoms with Gasteiger partial charge in [0.2, 0.25) is 0 Å². The smallest absolute Gasteiger partial charge is 0.0366 e. The summed E-state index contributed by atoms with van der Waals surface area (Å²) in [6.45, 7) is 14.7. The first-order chi connectivity index (χ1) is 9.33. The molecule has 1 N–H and O–H groups in total. The van der Waals surface area contributed by atoms with Gasteiger partial charge in [-0.15, -0.1) is 0 Å². The molecular formula is C18H30N2. The molecule has 0 spiro atoms. The quantitative estimate of drug-likeness (QED) is 0.894. The second-order valence-corrected chi connectivity index (χ2v) is 7.62. The molecule has 0 aromatic heterocycles. The van der Waals surface area contributed by atoms with E-state index in [0.29, 0.717) is 0 Å². The van der Waals surface area contributed by atoms with E-state index >= 15 is 0 Å². The Hall–Kier alpha value is -1.02. The minimum absolute atomic E-state index is 0.177. The first kappa shape index (κ1) is 15.4. The Bertz CT molecular complexity index is 406.